The zero-order valence-corrected chi connectivity index (χ0v) is 17.6. The van der Waals surface area contributed by atoms with Crippen LogP contribution in [0.5, 0.6) is 5.75 Å². The quantitative estimate of drug-likeness (QED) is 0.690. The van der Waals surface area contributed by atoms with Crippen LogP contribution < -0.4 is 9.64 Å². The number of aromatic nitrogens is 2. The number of alkyl halides is 3. The highest BCUT2D eigenvalue weighted by Gasteiger charge is 2.31. The largest absolute Gasteiger partial charge is 0.573 e. The molecule has 2 aliphatic heterocycles. The zero-order valence-electron chi connectivity index (χ0n) is 17.6. The standard InChI is InChI=1S/C21H28F3N5O2/c1-17-16-20(25-29(17)18-2-4-19(5-3-18)31-21(22,23)24)28-10-8-26(9-11-28)6-7-27-12-14-30-15-13-27/h2-5,16H,6-15H2,1H3. The van der Waals surface area contributed by atoms with E-state index >= 15 is 0 Å². The second-order valence-electron chi connectivity index (χ2n) is 7.88. The van der Waals surface area contributed by atoms with Crippen LogP contribution in [0.4, 0.5) is 19.0 Å². The minimum absolute atomic E-state index is 0.241. The molecule has 4 rings (SSSR count). The highest BCUT2D eigenvalue weighted by molar-refractivity contribution is 5.45. The van der Waals surface area contributed by atoms with Crippen LogP contribution in [-0.4, -0.2) is 91.5 Å². The first-order chi connectivity index (χ1) is 14.9. The molecule has 0 amide bonds. The third kappa shape index (κ3) is 5.90. The van der Waals surface area contributed by atoms with Crippen LogP contribution in [0.25, 0.3) is 5.69 Å². The average Bonchev–Trinajstić information content (AvgIpc) is 3.14. The van der Waals surface area contributed by atoms with Gasteiger partial charge >= 0.3 is 6.36 Å². The first kappa shape index (κ1) is 21.9. The summed E-state index contributed by atoms with van der Waals surface area (Å²) in [5.74, 6) is 0.649. The van der Waals surface area contributed by atoms with Crippen molar-refractivity contribution in [2.75, 3.05) is 70.5 Å². The lowest BCUT2D eigenvalue weighted by Gasteiger charge is -2.36. The van der Waals surface area contributed by atoms with Crippen LogP contribution >= 0.6 is 0 Å². The summed E-state index contributed by atoms with van der Waals surface area (Å²) >= 11 is 0. The van der Waals surface area contributed by atoms with E-state index in [4.69, 9.17) is 9.84 Å². The summed E-state index contributed by atoms with van der Waals surface area (Å²) in [7, 11) is 0. The van der Waals surface area contributed by atoms with Crippen molar-refractivity contribution < 1.29 is 22.6 Å². The van der Waals surface area contributed by atoms with Gasteiger partial charge in [0.25, 0.3) is 0 Å². The molecule has 31 heavy (non-hydrogen) atoms. The zero-order chi connectivity index (χ0) is 21.8. The smallest absolute Gasteiger partial charge is 0.406 e. The Morgan fingerprint density at radius 1 is 0.935 bits per heavy atom. The number of anilines is 1. The third-order valence-corrected chi connectivity index (χ3v) is 5.72. The van der Waals surface area contributed by atoms with Gasteiger partial charge in [0, 0.05) is 64.1 Å². The second kappa shape index (κ2) is 9.46. The molecule has 0 bridgehead atoms. The Labute approximate surface area is 179 Å². The molecule has 3 heterocycles. The Morgan fingerprint density at radius 2 is 1.55 bits per heavy atom. The van der Waals surface area contributed by atoms with E-state index in [0.29, 0.717) is 5.69 Å². The summed E-state index contributed by atoms with van der Waals surface area (Å²) in [4.78, 5) is 7.19. The summed E-state index contributed by atoms with van der Waals surface area (Å²) in [6.45, 7) is 11.5. The number of rotatable bonds is 6. The Kier molecular flexibility index (Phi) is 6.68. The highest BCUT2D eigenvalue weighted by atomic mass is 19.4. The van der Waals surface area contributed by atoms with E-state index in [2.05, 4.69) is 19.4 Å². The number of hydrogen-bond donors (Lipinski definition) is 0. The van der Waals surface area contributed by atoms with Gasteiger partial charge in [-0.3, -0.25) is 9.80 Å². The van der Waals surface area contributed by atoms with Crippen LogP contribution in [0.15, 0.2) is 30.3 Å². The molecule has 0 radical (unpaired) electrons. The molecule has 0 saturated carbocycles. The summed E-state index contributed by atoms with van der Waals surface area (Å²) < 4.78 is 48.1. The van der Waals surface area contributed by atoms with Gasteiger partial charge in [0.15, 0.2) is 5.82 Å². The van der Waals surface area contributed by atoms with Crippen LogP contribution in [0, 0.1) is 6.92 Å². The van der Waals surface area contributed by atoms with Crippen molar-refractivity contribution in [3.63, 3.8) is 0 Å². The molecule has 1 aromatic heterocycles. The van der Waals surface area contributed by atoms with E-state index in [0.717, 1.165) is 77.1 Å². The monoisotopic (exact) mass is 439 g/mol. The number of hydrogen-bond acceptors (Lipinski definition) is 6. The van der Waals surface area contributed by atoms with E-state index in [1.165, 1.54) is 12.1 Å². The Morgan fingerprint density at radius 3 is 2.16 bits per heavy atom. The molecular formula is C21H28F3N5O2. The number of halogens is 3. The van der Waals surface area contributed by atoms with Gasteiger partial charge in [0.05, 0.1) is 18.9 Å². The normalized spacial score (nSPS) is 19.0. The maximum absolute atomic E-state index is 12.4. The summed E-state index contributed by atoms with van der Waals surface area (Å²) in [5, 5.41) is 4.69. The highest BCUT2D eigenvalue weighted by Crippen LogP contribution is 2.25. The topological polar surface area (TPSA) is 46.0 Å². The minimum atomic E-state index is -4.69. The van der Waals surface area contributed by atoms with Crippen LogP contribution in [0.3, 0.4) is 0 Å². The van der Waals surface area contributed by atoms with Crippen molar-refractivity contribution in [1.82, 2.24) is 19.6 Å². The van der Waals surface area contributed by atoms with Crippen molar-refractivity contribution in [3.05, 3.63) is 36.0 Å². The maximum Gasteiger partial charge on any atom is 0.573 e. The minimum Gasteiger partial charge on any atom is -0.406 e. The van der Waals surface area contributed by atoms with Crippen LogP contribution in [0.1, 0.15) is 5.69 Å². The fraction of sp³-hybridized carbons (Fsp3) is 0.571. The van der Waals surface area contributed by atoms with Crippen LogP contribution in [0.2, 0.25) is 0 Å². The fourth-order valence-corrected chi connectivity index (χ4v) is 3.97. The second-order valence-corrected chi connectivity index (χ2v) is 7.88. The summed E-state index contributed by atoms with van der Waals surface area (Å²) in [6.07, 6.45) is -4.69. The lowest BCUT2D eigenvalue weighted by atomic mass is 10.3. The Hall–Kier alpha value is -2.30. The van der Waals surface area contributed by atoms with E-state index in [1.807, 2.05) is 13.0 Å². The molecule has 0 N–H and O–H groups in total. The van der Waals surface area contributed by atoms with E-state index < -0.39 is 6.36 Å². The van der Waals surface area contributed by atoms with E-state index in [1.54, 1.807) is 16.8 Å². The summed E-state index contributed by atoms with van der Waals surface area (Å²) in [6, 6.07) is 7.78. The predicted octanol–water partition coefficient (Wildman–Crippen LogP) is 2.53. The first-order valence-corrected chi connectivity index (χ1v) is 10.6. The van der Waals surface area contributed by atoms with Crippen molar-refractivity contribution in [3.8, 4) is 11.4 Å². The molecule has 10 heteroatoms. The lowest BCUT2D eigenvalue weighted by Crippen LogP contribution is -2.49. The van der Waals surface area contributed by atoms with Gasteiger partial charge in [-0.2, -0.15) is 5.10 Å². The van der Waals surface area contributed by atoms with Crippen molar-refractivity contribution in [1.29, 1.82) is 0 Å². The van der Waals surface area contributed by atoms with E-state index in [9.17, 15) is 13.2 Å². The van der Waals surface area contributed by atoms with Gasteiger partial charge < -0.3 is 14.4 Å². The van der Waals surface area contributed by atoms with Gasteiger partial charge in [-0.05, 0) is 31.2 Å². The number of piperazine rings is 1. The number of ether oxygens (including phenoxy) is 2. The molecular weight excluding hydrogens is 411 g/mol. The number of benzene rings is 1. The molecule has 0 aliphatic carbocycles. The first-order valence-electron chi connectivity index (χ1n) is 10.6. The molecule has 2 aliphatic rings. The van der Waals surface area contributed by atoms with Crippen molar-refractivity contribution >= 4 is 5.82 Å². The van der Waals surface area contributed by atoms with Crippen molar-refractivity contribution in [2.24, 2.45) is 0 Å². The molecule has 2 fully saturated rings. The molecule has 1 aromatic carbocycles. The Bertz CT molecular complexity index is 842. The number of morpholine rings is 1. The van der Waals surface area contributed by atoms with Gasteiger partial charge in [0.1, 0.15) is 5.75 Å². The average molecular weight is 439 g/mol. The van der Waals surface area contributed by atoms with Crippen molar-refractivity contribution in [2.45, 2.75) is 13.3 Å². The summed E-state index contributed by atoms with van der Waals surface area (Å²) in [5.41, 5.74) is 1.62. The van der Waals surface area contributed by atoms with Gasteiger partial charge in [-0.15, -0.1) is 13.2 Å². The predicted molar refractivity (Wildman–Crippen MR) is 111 cm³/mol. The van der Waals surface area contributed by atoms with Gasteiger partial charge in [-0.1, -0.05) is 0 Å². The number of nitrogens with zero attached hydrogens (tertiary/aromatic N) is 5. The van der Waals surface area contributed by atoms with E-state index in [-0.39, 0.29) is 5.75 Å². The maximum atomic E-state index is 12.4. The fourth-order valence-electron chi connectivity index (χ4n) is 3.97. The molecule has 2 aromatic rings. The molecule has 0 spiro atoms. The molecule has 0 atom stereocenters. The molecule has 2 saturated heterocycles. The van der Waals surface area contributed by atoms with Crippen LogP contribution in [-0.2, 0) is 4.74 Å². The SMILES string of the molecule is Cc1cc(N2CCN(CCN3CCOCC3)CC2)nn1-c1ccc(OC(F)(F)F)cc1. The lowest BCUT2D eigenvalue weighted by molar-refractivity contribution is -0.274. The number of aryl methyl sites for hydroxylation is 1. The Balaban J connectivity index is 1.32. The molecule has 0 unspecified atom stereocenters. The third-order valence-electron chi connectivity index (χ3n) is 5.72. The molecule has 7 nitrogen and oxygen atoms in total. The van der Waals surface area contributed by atoms with Gasteiger partial charge in [0.2, 0.25) is 0 Å². The molecule has 170 valence electrons. The van der Waals surface area contributed by atoms with Gasteiger partial charge in [-0.25, -0.2) is 4.68 Å².